The van der Waals surface area contributed by atoms with Gasteiger partial charge in [0.25, 0.3) is 5.91 Å². The summed E-state index contributed by atoms with van der Waals surface area (Å²) in [5, 5.41) is 7.38. The highest BCUT2D eigenvalue weighted by atomic mass is 16.2. The van der Waals surface area contributed by atoms with Crippen LogP contribution in [0.4, 0.5) is 0 Å². The van der Waals surface area contributed by atoms with Crippen LogP contribution in [-0.2, 0) is 0 Å². The molecule has 0 bridgehead atoms. The Kier molecular flexibility index (Phi) is 6.81. The summed E-state index contributed by atoms with van der Waals surface area (Å²) in [7, 11) is 0. The van der Waals surface area contributed by atoms with Crippen molar-refractivity contribution in [2.24, 2.45) is 5.92 Å². The summed E-state index contributed by atoms with van der Waals surface area (Å²) < 4.78 is 1.64. The van der Waals surface area contributed by atoms with E-state index in [9.17, 15) is 9.59 Å². The average Bonchev–Trinajstić information content (AvgIpc) is 2.81. The molecule has 1 aromatic heterocycles. The summed E-state index contributed by atoms with van der Waals surface area (Å²) in [6.07, 6.45) is 2.30. The van der Waals surface area contributed by atoms with Gasteiger partial charge in [0.1, 0.15) is 0 Å². The minimum Gasteiger partial charge on any atom is -0.349 e. The zero-order valence-electron chi connectivity index (χ0n) is 18.7. The molecule has 1 saturated heterocycles. The second-order valence-corrected chi connectivity index (χ2v) is 8.60. The molecule has 32 heavy (non-hydrogen) atoms. The van der Waals surface area contributed by atoms with E-state index < -0.39 is 5.91 Å². The number of nitrogens with zero attached hydrogens (tertiary/aromatic N) is 3. The van der Waals surface area contributed by atoms with Crippen LogP contribution in [0.25, 0.3) is 5.69 Å². The molecule has 1 N–H and O–H groups in total. The van der Waals surface area contributed by atoms with Gasteiger partial charge in [-0.05, 0) is 56.5 Å². The van der Waals surface area contributed by atoms with E-state index in [4.69, 9.17) is 0 Å². The normalized spacial score (nSPS) is 15.9. The maximum absolute atomic E-state index is 13.0. The van der Waals surface area contributed by atoms with E-state index in [0.717, 1.165) is 37.5 Å². The quantitative estimate of drug-likeness (QED) is 0.647. The number of piperidine rings is 1. The van der Waals surface area contributed by atoms with Gasteiger partial charge in [-0.3, -0.25) is 14.5 Å². The molecule has 2 aromatic carbocycles. The number of carbonyl (C=O) groups excluding carboxylic acids is 1. The van der Waals surface area contributed by atoms with E-state index in [2.05, 4.69) is 34.4 Å². The minimum atomic E-state index is -0.439. The number of para-hydroxylation sites is 1. The van der Waals surface area contributed by atoms with E-state index in [1.807, 2.05) is 55.5 Å². The fraction of sp³-hybridized carbons (Fsp3) is 0.346. The number of nitrogens with one attached hydrogen (secondary N) is 1. The molecule has 6 nitrogen and oxygen atoms in total. The van der Waals surface area contributed by atoms with Crippen LogP contribution in [0.3, 0.4) is 0 Å². The van der Waals surface area contributed by atoms with Gasteiger partial charge in [-0.15, -0.1) is 0 Å². The highest BCUT2D eigenvalue weighted by Gasteiger charge is 2.26. The van der Waals surface area contributed by atoms with Gasteiger partial charge in [-0.1, -0.05) is 55.5 Å². The van der Waals surface area contributed by atoms with Crippen LogP contribution in [0.2, 0.25) is 0 Å². The first-order valence-electron chi connectivity index (χ1n) is 11.3. The van der Waals surface area contributed by atoms with Gasteiger partial charge in [-0.2, -0.15) is 5.10 Å². The Labute approximate surface area is 188 Å². The number of aryl methyl sites for hydroxylation is 1. The smallest absolute Gasteiger partial charge is 0.275 e. The molecule has 0 saturated carbocycles. The molecular weight excluding hydrogens is 400 g/mol. The molecule has 0 aliphatic carbocycles. The third kappa shape index (κ3) is 4.97. The Morgan fingerprint density at radius 1 is 1.06 bits per heavy atom. The van der Waals surface area contributed by atoms with Crippen LogP contribution in [0.1, 0.15) is 47.6 Å². The van der Waals surface area contributed by atoms with Crippen LogP contribution in [0.5, 0.6) is 0 Å². The fourth-order valence-corrected chi connectivity index (χ4v) is 4.28. The molecule has 2 heterocycles. The first kappa shape index (κ1) is 22.0. The molecule has 3 aromatic rings. The maximum Gasteiger partial charge on any atom is 0.275 e. The van der Waals surface area contributed by atoms with E-state index in [1.54, 1.807) is 4.68 Å². The van der Waals surface area contributed by atoms with E-state index >= 15 is 0 Å². The van der Waals surface area contributed by atoms with Crippen molar-refractivity contribution in [1.29, 1.82) is 0 Å². The third-order valence-electron chi connectivity index (χ3n) is 6.22. The molecule has 1 amide bonds. The molecule has 166 valence electrons. The van der Waals surface area contributed by atoms with Gasteiger partial charge in [-0.25, -0.2) is 4.68 Å². The Balaban J connectivity index is 1.55. The van der Waals surface area contributed by atoms with E-state index in [0.29, 0.717) is 12.2 Å². The number of benzene rings is 2. The Morgan fingerprint density at radius 2 is 1.69 bits per heavy atom. The summed E-state index contributed by atoms with van der Waals surface area (Å²) >= 11 is 0. The predicted molar refractivity (Wildman–Crippen MR) is 126 cm³/mol. The average molecular weight is 431 g/mol. The molecule has 1 fully saturated rings. The summed E-state index contributed by atoms with van der Waals surface area (Å²) in [5.74, 6) is 0.288. The Bertz CT molecular complexity index is 1100. The molecular formula is C26H30N4O2. The summed E-state index contributed by atoms with van der Waals surface area (Å²) in [6, 6.07) is 21.3. The Hall–Kier alpha value is -3.25. The first-order valence-corrected chi connectivity index (χ1v) is 11.3. The van der Waals surface area contributed by atoms with Crippen molar-refractivity contribution in [3.05, 3.63) is 93.9 Å². The van der Waals surface area contributed by atoms with Crippen LogP contribution >= 0.6 is 0 Å². The lowest BCUT2D eigenvalue weighted by Crippen LogP contribution is -2.43. The molecule has 0 spiro atoms. The monoisotopic (exact) mass is 430 g/mol. The van der Waals surface area contributed by atoms with Crippen molar-refractivity contribution in [3.8, 4) is 5.69 Å². The molecule has 1 atom stereocenters. The van der Waals surface area contributed by atoms with Crippen molar-refractivity contribution >= 4 is 5.91 Å². The second kappa shape index (κ2) is 9.92. The van der Waals surface area contributed by atoms with Gasteiger partial charge < -0.3 is 5.32 Å². The van der Waals surface area contributed by atoms with E-state index in [1.165, 1.54) is 11.6 Å². The van der Waals surface area contributed by atoms with Crippen molar-refractivity contribution in [2.75, 3.05) is 19.6 Å². The summed E-state index contributed by atoms with van der Waals surface area (Å²) in [6.45, 7) is 6.53. The lowest BCUT2D eigenvalue weighted by Gasteiger charge is -2.37. The van der Waals surface area contributed by atoms with Gasteiger partial charge in [0.05, 0.1) is 11.7 Å². The maximum atomic E-state index is 13.0. The molecule has 1 aliphatic rings. The number of rotatable bonds is 6. The highest BCUT2D eigenvalue weighted by molar-refractivity contribution is 5.92. The molecule has 4 rings (SSSR count). The third-order valence-corrected chi connectivity index (χ3v) is 6.22. The fourth-order valence-electron chi connectivity index (χ4n) is 4.28. The number of amides is 1. The van der Waals surface area contributed by atoms with Gasteiger partial charge in [0, 0.05) is 18.3 Å². The van der Waals surface area contributed by atoms with Crippen LogP contribution in [0.15, 0.2) is 71.5 Å². The van der Waals surface area contributed by atoms with Crippen LogP contribution in [-0.4, -0.2) is 40.2 Å². The van der Waals surface area contributed by atoms with Crippen molar-refractivity contribution in [2.45, 2.75) is 32.7 Å². The number of hydrogen-bond acceptors (Lipinski definition) is 4. The molecule has 1 unspecified atom stereocenters. The molecule has 0 radical (unpaired) electrons. The second-order valence-electron chi connectivity index (χ2n) is 8.60. The molecule has 6 heteroatoms. The van der Waals surface area contributed by atoms with Gasteiger partial charge >= 0.3 is 0 Å². The highest BCUT2D eigenvalue weighted by Crippen LogP contribution is 2.26. The van der Waals surface area contributed by atoms with E-state index in [-0.39, 0.29) is 17.2 Å². The minimum absolute atomic E-state index is 0.0643. The van der Waals surface area contributed by atoms with Crippen molar-refractivity contribution in [3.63, 3.8) is 0 Å². The summed E-state index contributed by atoms with van der Waals surface area (Å²) in [5.41, 5.74) is 2.21. The lowest BCUT2D eigenvalue weighted by molar-refractivity contribution is 0.0905. The standard InChI is InChI=1S/C26H30N4O2/c1-19-13-15-29(16-14-19)23(21-9-5-3-6-10-21)18-27-26(32)25-24(31)17-20(2)30(28-25)22-11-7-4-8-12-22/h3-12,17,19,23H,13-16,18H2,1-2H3,(H,27,32). The van der Waals surface area contributed by atoms with Crippen molar-refractivity contribution < 1.29 is 4.79 Å². The predicted octanol–water partition coefficient (Wildman–Crippen LogP) is 3.74. The van der Waals surface area contributed by atoms with Gasteiger partial charge in [0.2, 0.25) is 5.43 Å². The van der Waals surface area contributed by atoms with Crippen LogP contribution < -0.4 is 10.7 Å². The number of likely N-dealkylation sites (tertiary alicyclic amines) is 1. The number of carbonyl (C=O) groups is 1. The molecule has 1 aliphatic heterocycles. The first-order chi connectivity index (χ1) is 15.5. The Morgan fingerprint density at radius 3 is 2.34 bits per heavy atom. The zero-order chi connectivity index (χ0) is 22.5. The van der Waals surface area contributed by atoms with Gasteiger partial charge in [0.15, 0.2) is 5.69 Å². The van der Waals surface area contributed by atoms with Crippen molar-refractivity contribution in [1.82, 2.24) is 20.0 Å². The SMILES string of the molecule is Cc1cc(=O)c(C(=O)NCC(c2ccccc2)N2CCC(C)CC2)nn1-c1ccccc1. The number of aromatic nitrogens is 2. The van der Waals surface area contributed by atoms with Crippen LogP contribution in [0, 0.1) is 12.8 Å². The summed E-state index contributed by atoms with van der Waals surface area (Å²) in [4.78, 5) is 28.0. The zero-order valence-corrected chi connectivity index (χ0v) is 18.7. The largest absolute Gasteiger partial charge is 0.349 e. The topological polar surface area (TPSA) is 67.2 Å². The lowest BCUT2D eigenvalue weighted by atomic mass is 9.95. The number of hydrogen-bond donors (Lipinski definition) is 1.